The maximum Gasteiger partial charge on any atom is 0.270 e. The van der Waals surface area contributed by atoms with Gasteiger partial charge in [0.2, 0.25) is 0 Å². The van der Waals surface area contributed by atoms with Crippen LogP contribution in [-0.4, -0.2) is 44.7 Å². The molecule has 0 radical (unpaired) electrons. The molecule has 1 unspecified atom stereocenters. The van der Waals surface area contributed by atoms with Crippen molar-refractivity contribution in [3.05, 3.63) is 34.5 Å². The van der Waals surface area contributed by atoms with E-state index in [9.17, 15) is 4.79 Å². The van der Waals surface area contributed by atoms with Crippen LogP contribution in [0.2, 0.25) is 0 Å². The lowest BCUT2D eigenvalue weighted by atomic mass is 10.1. The van der Waals surface area contributed by atoms with Crippen molar-refractivity contribution in [3.8, 4) is 0 Å². The number of hydrogen-bond acceptors (Lipinski definition) is 5. The topological polar surface area (TPSA) is 63.1 Å². The molecule has 1 aliphatic heterocycles. The summed E-state index contributed by atoms with van der Waals surface area (Å²) in [6, 6.07) is 3.18. The lowest BCUT2D eigenvalue weighted by molar-refractivity contribution is 0.0935. The van der Waals surface area contributed by atoms with E-state index in [1.165, 1.54) is 42.7 Å². The minimum Gasteiger partial charge on any atom is -0.351 e. The first kappa shape index (κ1) is 15.8. The molecule has 1 N–H and O–H groups in total. The van der Waals surface area contributed by atoms with Crippen LogP contribution in [0.5, 0.6) is 0 Å². The van der Waals surface area contributed by atoms with Crippen LogP contribution in [0.1, 0.15) is 54.3 Å². The summed E-state index contributed by atoms with van der Waals surface area (Å²) in [4.78, 5) is 18.7. The molecule has 0 aromatic carbocycles. The zero-order valence-corrected chi connectivity index (χ0v) is 14.5. The fraction of sp³-hybridized carbons (Fsp3) is 0.588. The van der Waals surface area contributed by atoms with E-state index in [1.807, 2.05) is 6.20 Å². The number of nitrogens with one attached hydrogen (secondary N) is 1. The number of rotatable bonds is 5. The van der Waals surface area contributed by atoms with E-state index < -0.39 is 0 Å². The predicted octanol–water partition coefficient (Wildman–Crippen LogP) is 2.46. The van der Waals surface area contributed by atoms with Gasteiger partial charge in [-0.3, -0.25) is 14.4 Å². The van der Waals surface area contributed by atoms with E-state index in [0.717, 1.165) is 25.6 Å². The molecule has 1 fully saturated rings. The molecule has 1 atom stereocenters. The number of amides is 1. The molecule has 0 saturated heterocycles. The van der Waals surface area contributed by atoms with E-state index in [1.54, 1.807) is 10.9 Å². The Balaban J connectivity index is 1.37. The third-order valence-electron chi connectivity index (χ3n) is 5.18. The van der Waals surface area contributed by atoms with Gasteiger partial charge in [-0.05, 0) is 25.3 Å². The Morgan fingerprint density at radius 1 is 1.38 bits per heavy atom. The Kier molecular flexibility index (Phi) is 4.62. The van der Waals surface area contributed by atoms with Crippen LogP contribution in [0.25, 0.3) is 0 Å². The molecule has 3 heterocycles. The highest BCUT2D eigenvalue weighted by Crippen LogP contribution is 2.30. The molecular weight excluding hydrogens is 322 g/mol. The fourth-order valence-electron chi connectivity index (χ4n) is 3.95. The molecule has 2 aliphatic rings. The maximum absolute atomic E-state index is 12.0. The Morgan fingerprint density at radius 3 is 3.04 bits per heavy atom. The van der Waals surface area contributed by atoms with E-state index in [-0.39, 0.29) is 5.91 Å². The number of aromatic nitrogens is 3. The van der Waals surface area contributed by atoms with Gasteiger partial charge in [-0.2, -0.15) is 5.10 Å². The smallest absolute Gasteiger partial charge is 0.270 e. The summed E-state index contributed by atoms with van der Waals surface area (Å²) >= 11 is 1.44. The van der Waals surface area contributed by atoms with Crippen molar-refractivity contribution in [2.75, 3.05) is 13.1 Å². The van der Waals surface area contributed by atoms with Crippen molar-refractivity contribution in [1.29, 1.82) is 0 Å². The van der Waals surface area contributed by atoms with Gasteiger partial charge in [0, 0.05) is 37.3 Å². The summed E-state index contributed by atoms with van der Waals surface area (Å²) in [7, 11) is 0. The molecule has 1 aliphatic carbocycles. The Bertz CT molecular complexity index is 677. The SMILES string of the molecule is O=C(NCCC1CN(C2CCCC2)Cc2ccnn21)c1cscn1. The minimum atomic E-state index is -0.0830. The van der Waals surface area contributed by atoms with Crippen LogP contribution in [0, 0.1) is 0 Å². The highest BCUT2D eigenvalue weighted by Gasteiger charge is 2.31. The summed E-state index contributed by atoms with van der Waals surface area (Å²) in [5.74, 6) is -0.0830. The lowest BCUT2D eigenvalue weighted by Gasteiger charge is -2.37. The van der Waals surface area contributed by atoms with Gasteiger partial charge in [0.05, 0.1) is 17.2 Å². The van der Waals surface area contributed by atoms with Gasteiger partial charge in [0.1, 0.15) is 5.69 Å². The zero-order valence-electron chi connectivity index (χ0n) is 13.7. The van der Waals surface area contributed by atoms with Crippen molar-refractivity contribution in [1.82, 2.24) is 25.0 Å². The molecule has 2 aromatic heterocycles. The molecule has 128 valence electrons. The second-order valence-electron chi connectivity index (χ2n) is 6.71. The molecule has 0 bridgehead atoms. The molecule has 24 heavy (non-hydrogen) atoms. The molecule has 1 saturated carbocycles. The number of fused-ring (bicyclic) bond motifs is 1. The van der Waals surface area contributed by atoms with E-state index in [4.69, 9.17) is 0 Å². The van der Waals surface area contributed by atoms with Crippen LogP contribution in [0.4, 0.5) is 0 Å². The Morgan fingerprint density at radius 2 is 2.25 bits per heavy atom. The van der Waals surface area contributed by atoms with Gasteiger partial charge in [0.25, 0.3) is 5.91 Å². The quantitative estimate of drug-likeness (QED) is 0.904. The summed E-state index contributed by atoms with van der Waals surface area (Å²) in [6.45, 7) is 2.69. The normalized spacial score (nSPS) is 21.8. The van der Waals surface area contributed by atoms with Crippen LogP contribution in [-0.2, 0) is 6.54 Å². The first-order valence-corrected chi connectivity index (χ1v) is 9.68. The van der Waals surface area contributed by atoms with Crippen LogP contribution in [0.3, 0.4) is 0 Å². The molecule has 1 amide bonds. The van der Waals surface area contributed by atoms with Gasteiger partial charge in [-0.15, -0.1) is 11.3 Å². The van der Waals surface area contributed by atoms with Crippen molar-refractivity contribution in [2.45, 2.75) is 50.7 Å². The molecule has 6 nitrogen and oxygen atoms in total. The molecule has 7 heteroatoms. The standard InChI is InChI=1S/C17H23N5OS/c23-17(16-11-24-12-19-16)18-7-5-14-9-21(13-3-1-2-4-13)10-15-6-8-20-22(14)15/h6,8,11-14H,1-5,7,9-10H2,(H,18,23). The van der Waals surface area contributed by atoms with Crippen LogP contribution < -0.4 is 5.32 Å². The highest BCUT2D eigenvalue weighted by atomic mass is 32.1. The second kappa shape index (κ2) is 7.03. The van der Waals surface area contributed by atoms with Crippen molar-refractivity contribution >= 4 is 17.2 Å². The van der Waals surface area contributed by atoms with Crippen molar-refractivity contribution < 1.29 is 4.79 Å². The third-order valence-corrected chi connectivity index (χ3v) is 5.76. The van der Waals surface area contributed by atoms with Gasteiger partial charge < -0.3 is 5.32 Å². The Labute approximate surface area is 145 Å². The summed E-state index contributed by atoms with van der Waals surface area (Å²) in [5, 5.41) is 9.28. The average Bonchev–Trinajstić information content (AvgIpc) is 3.35. The largest absolute Gasteiger partial charge is 0.351 e. The minimum absolute atomic E-state index is 0.0830. The zero-order chi connectivity index (χ0) is 16.4. The molecular formula is C17H23N5OS. The van der Waals surface area contributed by atoms with Gasteiger partial charge in [0.15, 0.2) is 0 Å². The average molecular weight is 345 g/mol. The lowest BCUT2D eigenvalue weighted by Crippen LogP contribution is -2.43. The van der Waals surface area contributed by atoms with E-state index in [0.29, 0.717) is 18.3 Å². The van der Waals surface area contributed by atoms with Gasteiger partial charge in [-0.1, -0.05) is 12.8 Å². The van der Waals surface area contributed by atoms with E-state index in [2.05, 4.69) is 31.0 Å². The summed E-state index contributed by atoms with van der Waals surface area (Å²) < 4.78 is 2.15. The van der Waals surface area contributed by atoms with Crippen LogP contribution in [0.15, 0.2) is 23.2 Å². The van der Waals surface area contributed by atoms with Crippen molar-refractivity contribution in [3.63, 3.8) is 0 Å². The van der Waals surface area contributed by atoms with Crippen LogP contribution >= 0.6 is 11.3 Å². The van der Waals surface area contributed by atoms with Gasteiger partial charge in [-0.25, -0.2) is 4.98 Å². The molecule has 4 rings (SSSR count). The maximum atomic E-state index is 12.0. The monoisotopic (exact) mass is 345 g/mol. The van der Waals surface area contributed by atoms with E-state index >= 15 is 0 Å². The highest BCUT2D eigenvalue weighted by molar-refractivity contribution is 7.07. The van der Waals surface area contributed by atoms with Gasteiger partial charge >= 0.3 is 0 Å². The number of thiazole rings is 1. The second-order valence-corrected chi connectivity index (χ2v) is 7.43. The number of carbonyl (C=O) groups excluding carboxylic acids is 1. The third kappa shape index (κ3) is 3.23. The Hall–Kier alpha value is -1.73. The molecule has 2 aromatic rings. The first-order chi connectivity index (χ1) is 11.8. The summed E-state index contributed by atoms with van der Waals surface area (Å²) in [5.41, 5.74) is 3.49. The molecule has 0 spiro atoms. The number of hydrogen-bond donors (Lipinski definition) is 1. The fourth-order valence-corrected chi connectivity index (χ4v) is 4.48. The predicted molar refractivity (Wildman–Crippen MR) is 93.0 cm³/mol. The first-order valence-electron chi connectivity index (χ1n) is 8.74. The number of carbonyl (C=O) groups is 1. The summed E-state index contributed by atoms with van der Waals surface area (Å²) in [6.07, 6.45) is 8.15. The number of nitrogens with zero attached hydrogens (tertiary/aromatic N) is 4. The van der Waals surface area contributed by atoms with Crippen molar-refractivity contribution in [2.24, 2.45) is 0 Å².